The molecule has 1 N–H and O–H groups in total. The lowest BCUT2D eigenvalue weighted by Crippen LogP contribution is -2.29. The minimum Gasteiger partial charge on any atom is -0.309 e. The Hall–Kier alpha value is -2.09. The van der Waals surface area contributed by atoms with Crippen LogP contribution in [0, 0.1) is 0 Å². The number of fused-ring (bicyclic) bond motifs is 1. The molecule has 0 aliphatic heterocycles. The molecule has 0 radical (unpaired) electrons. The summed E-state index contributed by atoms with van der Waals surface area (Å²) < 4.78 is 2.93. The first-order valence-electron chi connectivity index (χ1n) is 6.34. The van der Waals surface area contributed by atoms with Gasteiger partial charge in [-0.05, 0) is 13.8 Å². The molecule has 0 aromatic carbocycles. The van der Waals surface area contributed by atoms with Crippen LogP contribution >= 0.6 is 11.8 Å². The third kappa shape index (κ3) is 2.71. The Morgan fingerprint density at radius 1 is 1.52 bits per heavy atom. The van der Waals surface area contributed by atoms with Gasteiger partial charge in [-0.15, -0.1) is 6.58 Å². The number of imidazole rings is 1. The van der Waals surface area contributed by atoms with Crippen LogP contribution in [0.1, 0.15) is 13.8 Å². The highest BCUT2D eigenvalue weighted by Crippen LogP contribution is 2.25. The summed E-state index contributed by atoms with van der Waals surface area (Å²) in [7, 11) is 1.54. The van der Waals surface area contributed by atoms with Gasteiger partial charge in [0.05, 0.1) is 5.25 Å². The highest BCUT2D eigenvalue weighted by Gasteiger charge is 2.20. The third-order valence-corrected chi connectivity index (χ3v) is 4.35. The van der Waals surface area contributed by atoms with E-state index in [1.165, 1.54) is 30.3 Å². The summed E-state index contributed by atoms with van der Waals surface area (Å²) in [6.07, 6.45) is 1.63. The predicted molar refractivity (Wildman–Crippen MR) is 81.8 cm³/mol. The van der Waals surface area contributed by atoms with Crippen LogP contribution < -0.4 is 11.2 Å². The molecular formula is C13H16N4O3S. The first-order chi connectivity index (χ1) is 9.86. The zero-order chi connectivity index (χ0) is 15.7. The largest absolute Gasteiger partial charge is 0.329 e. The third-order valence-electron chi connectivity index (χ3n) is 3.14. The maximum absolute atomic E-state index is 12.0. The summed E-state index contributed by atoms with van der Waals surface area (Å²) in [6, 6.07) is 0. The van der Waals surface area contributed by atoms with E-state index in [0.29, 0.717) is 22.9 Å². The Balaban J connectivity index is 2.74. The first kappa shape index (κ1) is 15.3. The van der Waals surface area contributed by atoms with Crippen LogP contribution in [-0.2, 0) is 18.4 Å². The molecule has 0 aliphatic carbocycles. The minimum atomic E-state index is -0.521. The summed E-state index contributed by atoms with van der Waals surface area (Å²) in [5, 5.41) is 0.223. The van der Waals surface area contributed by atoms with Crippen LogP contribution in [0.3, 0.4) is 0 Å². The number of H-pyrrole nitrogens is 1. The standard InChI is InChI=1S/C13H16N4O3S/c1-5-6-17-9-10(16(4)12(20)15-11(9)19)14-13(17)21-8(3)7(2)18/h5,8H,1,6H2,2-4H3,(H,15,19,20). The van der Waals surface area contributed by atoms with E-state index in [4.69, 9.17) is 0 Å². The number of rotatable bonds is 5. The van der Waals surface area contributed by atoms with Gasteiger partial charge in [0.25, 0.3) is 5.56 Å². The molecule has 0 saturated heterocycles. The van der Waals surface area contributed by atoms with Crippen molar-refractivity contribution in [2.75, 3.05) is 0 Å². The highest BCUT2D eigenvalue weighted by atomic mass is 32.2. The topological polar surface area (TPSA) is 89.8 Å². The first-order valence-corrected chi connectivity index (χ1v) is 7.22. The highest BCUT2D eigenvalue weighted by molar-refractivity contribution is 8.00. The van der Waals surface area contributed by atoms with Crippen molar-refractivity contribution in [2.24, 2.45) is 7.05 Å². The van der Waals surface area contributed by atoms with Crippen LogP contribution in [-0.4, -0.2) is 30.1 Å². The fourth-order valence-corrected chi connectivity index (χ4v) is 2.76. The summed E-state index contributed by atoms with van der Waals surface area (Å²) in [4.78, 5) is 41.7. The number of allylic oxidation sites excluding steroid dienone is 1. The van der Waals surface area contributed by atoms with E-state index in [1.54, 1.807) is 17.6 Å². The number of aromatic amines is 1. The minimum absolute atomic E-state index is 0.0139. The molecule has 0 bridgehead atoms. The zero-order valence-electron chi connectivity index (χ0n) is 12.0. The number of hydrogen-bond acceptors (Lipinski definition) is 5. The predicted octanol–water partition coefficient (Wildman–Crippen LogP) is 0.679. The average molecular weight is 308 g/mol. The van der Waals surface area contributed by atoms with Crippen molar-refractivity contribution in [3.8, 4) is 0 Å². The Morgan fingerprint density at radius 3 is 2.76 bits per heavy atom. The van der Waals surface area contributed by atoms with Gasteiger partial charge in [-0.1, -0.05) is 17.8 Å². The Bertz CT molecular complexity index is 830. The molecule has 1 unspecified atom stereocenters. The van der Waals surface area contributed by atoms with Gasteiger partial charge in [0.2, 0.25) is 0 Å². The molecule has 2 aromatic heterocycles. The zero-order valence-corrected chi connectivity index (χ0v) is 12.9. The number of carbonyl (C=O) groups is 1. The molecule has 0 fully saturated rings. The fourth-order valence-electron chi connectivity index (χ4n) is 1.84. The maximum atomic E-state index is 12.0. The van der Waals surface area contributed by atoms with E-state index in [-0.39, 0.29) is 11.0 Å². The van der Waals surface area contributed by atoms with E-state index in [0.717, 1.165) is 0 Å². The lowest BCUT2D eigenvalue weighted by Gasteiger charge is -2.08. The molecule has 0 saturated carbocycles. The maximum Gasteiger partial charge on any atom is 0.329 e. The smallest absolute Gasteiger partial charge is 0.309 e. The van der Waals surface area contributed by atoms with E-state index in [2.05, 4.69) is 16.5 Å². The Kier molecular flexibility index (Phi) is 4.17. The summed E-state index contributed by atoms with van der Waals surface area (Å²) in [5.74, 6) is 0.0139. The fraction of sp³-hybridized carbons (Fsp3) is 0.385. The number of hydrogen-bond donors (Lipinski definition) is 1. The molecule has 112 valence electrons. The molecule has 2 rings (SSSR count). The van der Waals surface area contributed by atoms with Crippen LogP contribution in [0.25, 0.3) is 11.2 Å². The van der Waals surface area contributed by atoms with Gasteiger partial charge >= 0.3 is 5.69 Å². The number of nitrogens with one attached hydrogen (secondary N) is 1. The number of aromatic nitrogens is 4. The average Bonchev–Trinajstić information content (AvgIpc) is 2.76. The van der Waals surface area contributed by atoms with Gasteiger partial charge in [-0.25, -0.2) is 9.78 Å². The second-order valence-corrected chi connectivity index (χ2v) is 5.96. The van der Waals surface area contributed by atoms with Crippen molar-refractivity contribution < 1.29 is 4.79 Å². The van der Waals surface area contributed by atoms with Crippen LogP contribution in [0.2, 0.25) is 0 Å². The lowest BCUT2D eigenvalue weighted by molar-refractivity contribution is -0.116. The number of Topliss-reactive ketones (excluding diaryl/α,β-unsaturated/α-hetero) is 1. The summed E-state index contributed by atoms with van der Waals surface area (Å²) >= 11 is 1.25. The second-order valence-electron chi connectivity index (χ2n) is 4.65. The second kappa shape index (κ2) is 5.72. The van der Waals surface area contributed by atoms with E-state index in [9.17, 15) is 14.4 Å². The van der Waals surface area contributed by atoms with E-state index in [1.807, 2.05) is 0 Å². The van der Waals surface area contributed by atoms with Gasteiger partial charge in [0.15, 0.2) is 16.3 Å². The SMILES string of the molecule is C=CCn1c(SC(C)C(C)=O)nc2c1c(=O)[nH]c(=O)n2C. The van der Waals surface area contributed by atoms with Crippen LogP contribution in [0.15, 0.2) is 27.4 Å². The van der Waals surface area contributed by atoms with E-state index >= 15 is 0 Å². The van der Waals surface area contributed by atoms with Gasteiger partial charge in [-0.2, -0.15) is 0 Å². The van der Waals surface area contributed by atoms with Crippen molar-refractivity contribution in [1.29, 1.82) is 0 Å². The van der Waals surface area contributed by atoms with E-state index < -0.39 is 11.2 Å². The molecule has 2 heterocycles. The van der Waals surface area contributed by atoms with Gasteiger partial charge < -0.3 is 4.57 Å². The molecular weight excluding hydrogens is 292 g/mol. The molecule has 21 heavy (non-hydrogen) atoms. The van der Waals surface area contributed by atoms with Crippen molar-refractivity contribution in [2.45, 2.75) is 30.8 Å². The molecule has 1 atom stereocenters. The van der Waals surface area contributed by atoms with Crippen molar-refractivity contribution >= 4 is 28.7 Å². The normalized spacial score (nSPS) is 12.5. The van der Waals surface area contributed by atoms with Crippen molar-refractivity contribution in [1.82, 2.24) is 19.1 Å². The molecule has 7 nitrogen and oxygen atoms in total. The quantitative estimate of drug-likeness (QED) is 0.648. The molecule has 0 amide bonds. The Morgan fingerprint density at radius 2 is 2.19 bits per heavy atom. The number of ketones is 1. The van der Waals surface area contributed by atoms with Crippen LogP contribution in [0.5, 0.6) is 0 Å². The van der Waals surface area contributed by atoms with Gasteiger partial charge in [0.1, 0.15) is 5.78 Å². The monoisotopic (exact) mass is 308 g/mol. The van der Waals surface area contributed by atoms with Crippen molar-refractivity contribution in [3.05, 3.63) is 33.5 Å². The van der Waals surface area contributed by atoms with Gasteiger partial charge in [-0.3, -0.25) is 19.1 Å². The van der Waals surface area contributed by atoms with Gasteiger partial charge in [0, 0.05) is 13.6 Å². The van der Waals surface area contributed by atoms with Crippen LogP contribution in [0.4, 0.5) is 0 Å². The summed E-state index contributed by atoms with van der Waals surface area (Å²) in [5.41, 5.74) is -0.421. The number of carbonyl (C=O) groups excluding carboxylic acids is 1. The number of nitrogens with zero attached hydrogens (tertiary/aromatic N) is 3. The number of thioether (sulfide) groups is 1. The van der Waals surface area contributed by atoms with Crippen molar-refractivity contribution in [3.63, 3.8) is 0 Å². The lowest BCUT2D eigenvalue weighted by atomic mass is 10.3. The molecule has 0 spiro atoms. The Labute approximate surface area is 124 Å². The summed E-state index contributed by atoms with van der Waals surface area (Å²) in [6.45, 7) is 7.30. The molecule has 8 heteroatoms. The molecule has 0 aliphatic rings. The number of aryl methyl sites for hydroxylation is 1. The molecule has 2 aromatic rings.